The molecule has 3 heteroatoms. The van der Waals surface area contributed by atoms with Crippen molar-refractivity contribution in [3.8, 4) is 0 Å². The van der Waals surface area contributed by atoms with Gasteiger partial charge in [0.25, 0.3) is 0 Å². The fraction of sp³-hybridized carbons (Fsp3) is 0.385. The Morgan fingerprint density at radius 1 is 1.38 bits per heavy atom. The monoisotopic (exact) mass is 233 g/mol. The second kappa shape index (κ2) is 2.84. The third-order valence-electron chi connectivity index (χ3n) is 4.04. The molecule has 2 fully saturated rings. The first-order valence-electron chi connectivity index (χ1n) is 5.68. The molecule has 2 heterocycles. The van der Waals surface area contributed by atoms with Gasteiger partial charge >= 0.3 is 0 Å². The van der Waals surface area contributed by atoms with Crippen molar-refractivity contribution in [2.24, 2.45) is 5.92 Å². The molecule has 82 valence electrons. The average molecular weight is 233 g/mol. The van der Waals surface area contributed by atoms with Crippen LogP contribution in [0.2, 0.25) is 0 Å². The maximum absolute atomic E-state index is 13.1. The lowest BCUT2D eigenvalue weighted by molar-refractivity contribution is 0.630. The molecular formula is C13H12FNS. The Morgan fingerprint density at radius 3 is 3.06 bits per heavy atom. The lowest BCUT2D eigenvalue weighted by atomic mass is 10.0. The molecule has 1 aliphatic heterocycles. The maximum Gasteiger partial charge on any atom is 0.124 e. The summed E-state index contributed by atoms with van der Waals surface area (Å²) in [5, 5.41) is 4.64. The van der Waals surface area contributed by atoms with E-state index in [4.69, 9.17) is 0 Å². The van der Waals surface area contributed by atoms with Crippen LogP contribution in [-0.2, 0) is 5.41 Å². The van der Waals surface area contributed by atoms with Gasteiger partial charge in [0, 0.05) is 21.5 Å². The van der Waals surface area contributed by atoms with E-state index in [0.29, 0.717) is 5.41 Å². The standard InChI is InChI=1S/C13H12FNS/c14-10-2-1-8-3-12(16-11(8)4-10)13-5-9(13)6-15-7-13/h1-4,9,15H,5-7H2/t9?,13-/m1/s1. The molecule has 2 aliphatic rings. The number of halogens is 1. The minimum absolute atomic E-state index is 0.129. The highest BCUT2D eigenvalue weighted by Gasteiger charge is 2.58. The Bertz CT molecular complexity index is 576. The topological polar surface area (TPSA) is 12.0 Å². The minimum Gasteiger partial charge on any atom is -0.315 e. The fourth-order valence-electron chi connectivity index (χ4n) is 2.97. The molecule has 1 saturated carbocycles. The van der Waals surface area contributed by atoms with E-state index < -0.39 is 0 Å². The molecule has 1 N–H and O–H groups in total. The van der Waals surface area contributed by atoms with Gasteiger partial charge in [-0.2, -0.15) is 0 Å². The Hall–Kier alpha value is -0.930. The van der Waals surface area contributed by atoms with Crippen molar-refractivity contribution >= 4 is 21.4 Å². The van der Waals surface area contributed by atoms with Gasteiger partial charge in [0.1, 0.15) is 5.82 Å². The van der Waals surface area contributed by atoms with Crippen molar-refractivity contribution in [3.63, 3.8) is 0 Å². The molecule has 2 atom stereocenters. The largest absolute Gasteiger partial charge is 0.315 e. The highest BCUT2D eigenvalue weighted by Crippen LogP contribution is 2.58. The van der Waals surface area contributed by atoms with Crippen LogP contribution in [0.1, 0.15) is 11.3 Å². The van der Waals surface area contributed by atoms with E-state index in [2.05, 4.69) is 11.4 Å². The summed E-state index contributed by atoms with van der Waals surface area (Å²) in [4.78, 5) is 1.45. The van der Waals surface area contributed by atoms with E-state index in [0.717, 1.165) is 23.7 Å². The molecule has 1 nitrogen and oxygen atoms in total. The summed E-state index contributed by atoms with van der Waals surface area (Å²) in [6, 6.07) is 7.35. The number of hydrogen-bond acceptors (Lipinski definition) is 2. The van der Waals surface area contributed by atoms with Crippen molar-refractivity contribution in [1.29, 1.82) is 0 Å². The van der Waals surface area contributed by atoms with Gasteiger partial charge in [-0.3, -0.25) is 0 Å². The lowest BCUT2D eigenvalue weighted by Gasteiger charge is -2.07. The molecule has 1 aromatic heterocycles. The molecular weight excluding hydrogens is 221 g/mol. The molecule has 1 unspecified atom stereocenters. The van der Waals surface area contributed by atoms with Crippen molar-refractivity contribution in [3.05, 3.63) is 35.0 Å². The zero-order valence-corrected chi connectivity index (χ0v) is 9.61. The van der Waals surface area contributed by atoms with Crippen LogP contribution < -0.4 is 5.32 Å². The highest BCUT2D eigenvalue weighted by molar-refractivity contribution is 7.19. The summed E-state index contributed by atoms with van der Waals surface area (Å²) in [7, 11) is 0. The third kappa shape index (κ3) is 1.08. The van der Waals surface area contributed by atoms with Crippen LogP contribution in [0.3, 0.4) is 0 Å². The summed E-state index contributed by atoms with van der Waals surface area (Å²) in [6.45, 7) is 2.26. The third-order valence-corrected chi connectivity index (χ3v) is 5.35. The molecule has 0 amide bonds. The minimum atomic E-state index is -0.129. The van der Waals surface area contributed by atoms with Gasteiger partial charge < -0.3 is 5.32 Å². The van der Waals surface area contributed by atoms with Crippen molar-refractivity contribution < 1.29 is 4.39 Å². The van der Waals surface area contributed by atoms with Crippen LogP contribution in [0.25, 0.3) is 10.1 Å². The summed E-state index contributed by atoms with van der Waals surface area (Å²) >= 11 is 1.77. The molecule has 1 aromatic carbocycles. The van der Waals surface area contributed by atoms with Gasteiger partial charge in [-0.25, -0.2) is 4.39 Å². The predicted molar refractivity (Wildman–Crippen MR) is 64.4 cm³/mol. The number of benzene rings is 1. The number of rotatable bonds is 1. The SMILES string of the molecule is Fc1ccc2cc([C@]34CNCC3C4)sc2c1. The lowest BCUT2D eigenvalue weighted by Crippen LogP contribution is -2.18. The Kier molecular flexibility index (Phi) is 1.62. The fourth-order valence-corrected chi connectivity index (χ4v) is 4.34. The van der Waals surface area contributed by atoms with E-state index in [1.165, 1.54) is 16.7 Å². The van der Waals surface area contributed by atoms with E-state index in [-0.39, 0.29) is 5.82 Å². The van der Waals surface area contributed by atoms with Crippen LogP contribution >= 0.6 is 11.3 Å². The molecule has 4 rings (SSSR count). The summed E-state index contributed by atoms with van der Waals surface area (Å²) in [5.41, 5.74) is 0.403. The van der Waals surface area contributed by atoms with Crippen LogP contribution in [0, 0.1) is 11.7 Å². The number of fused-ring (bicyclic) bond motifs is 2. The molecule has 0 radical (unpaired) electrons. The number of nitrogens with one attached hydrogen (secondary N) is 1. The smallest absolute Gasteiger partial charge is 0.124 e. The van der Waals surface area contributed by atoms with Gasteiger partial charge in [0.15, 0.2) is 0 Å². The van der Waals surface area contributed by atoms with Crippen LogP contribution in [0.4, 0.5) is 4.39 Å². The van der Waals surface area contributed by atoms with Crippen LogP contribution in [0.15, 0.2) is 24.3 Å². The van der Waals surface area contributed by atoms with Crippen LogP contribution in [-0.4, -0.2) is 13.1 Å². The van der Waals surface area contributed by atoms with Crippen molar-refractivity contribution in [1.82, 2.24) is 5.32 Å². The molecule has 1 aliphatic carbocycles. The zero-order chi connectivity index (χ0) is 10.8. The Morgan fingerprint density at radius 2 is 2.31 bits per heavy atom. The number of hydrogen-bond donors (Lipinski definition) is 1. The van der Waals surface area contributed by atoms with Gasteiger partial charge in [-0.15, -0.1) is 11.3 Å². The highest BCUT2D eigenvalue weighted by atomic mass is 32.1. The first kappa shape index (κ1) is 9.14. The van der Waals surface area contributed by atoms with Crippen molar-refractivity contribution in [2.75, 3.05) is 13.1 Å². The number of thiophene rings is 1. The Balaban J connectivity index is 1.87. The second-order valence-electron chi connectivity index (χ2n) is 4.98. The second-order valence-corrected chi connectivity index (χ2v) is 6.06. The predicted octanol–water partition coefficient (Wildman–Crippen LogP) is 2.90. The first-order valence-corrected chi connectivity index (χ1v) is 6.50. The van der Waals surface area contributed by atoms with Crippen LogP contribution in [0.5, 0.6) is 0 Å². The zero-order valence-electron chi connectivity index (χ0n) is 8.79. The summed E-state index contributed by atoms with van der Waals surface area (Å²) in [6.07, 6.45) is 1.31. The normalized spacial score (nSPS) is 31.9. The summed E-state index contributed by atoms with van der Waals surface area (Å²) < 4.78 is 14.2. The van der Waals surface area contributed by atoms with E-state index in [1.54, 1.807) is 23.5 Å². The van der Waals surface area contributed by atoms with Gasteiger partial charge in [0.05, 0.1) is 0 Å². The molecule has 16 heavy (non-hydrogen) atoms. The summed E-state index contributed by atoms with van der Waals surface area (Å²) in [5.74, 6) is 0.695. The number of piperidine rings is 1. The van der Waals surface area contributed by atoms with E-state index >= 15 is 0 Å². The van der Waals surface area contributed by atoms with E-state index in [9.17, 15) is 4.39 Å². The molecule has 0 spiro atoms. The molecule has 2 aromatic rings. The maximum atomic E-state index is 13.1. The quantitative estimate of drug-likeness (QED) is 0.798. The average Bonchev–Trinajstić information content (AvgIpc) is 2.69. The van der Waals surface area contributed by atoms with Gasteiger partial charge in [0.2, 0.25) is 0 Å². The van der Waals surface area contributed by atoms with Crippen molar-refractivity contribution in [2.45, 2.75) is 11.8 Å². The van der Waals surface area contributed by atoms with Gasteiger partial charge in [-0.1, -0.05) is 6.07 Å². The molecule has 1 saturated heterocycles. The first-order chi connectivity index (χ1) is 7.78. The Labute approximate surface area is 97.3 Å². The van der Waals surface area contributed by atoms with Gasteiger partial charge in [-0.05, 0) is 42.5 Å². The molecule has 0 bridgehead atoms. The van der Waals surface area contributed by atoms with E-state index in [1.807, 2.05) is 6.07 Å².